The van der Waals surface area contributed by atoms with Gasteiger partial charge in [-0.1, -0.05) is 42.2 Å². The van der Waals surface area contributed by atoms with Gasteiger partial charge in [-0.05, 0) is 45.8 Å². The molecule has 0 heterocycles. The van der Waals surface area contributed by atoms with Crippen molar-refractivity contribution in [2.75, 3.05) is 28.4 Å². The molecular formula is C25H23BrO5. The average Bonchev–Trinajstić information content (AvgIpc) is 2.81. The first kappa shape index (κ1) is 22.4. The highest BCUT2D eigenvalue weighted by Gasteiger charge is 2.14. The van der Waals surface area contributed by atoms with Crippen LogP contribution in [0.3, 0.4) is 0 Å². The van der Waals surface area contributed by atoms with E-state index in [2.05, 4.69) is 27.8 Å². The quantitative estimate of drug-likeness (QED) is 0.418. The predicted molar refractivity (Wildman–Crippen MR) is 124 cm³/mol. The standard InChI is InChI=1S/C25H23BrO5/c1-27-21-13-18(12-20(26)24(21)29-3)10-11-19-14-22(28-2)25(30-4)23(15-19)31-16-17-8-6-5-7-9-17/h5-9,12-15H,16H2,1-4H3. The minimum Gasteiger partial charge on any atom is -0.493 e. The van der Waals surface area contributed by atoms with E-state index in [0.717, 1.165) is 21.2 Å². The van der Waals surface area contributed by atoms with Crippen molar-refractivity contribution in [1.29, 1.82) is 0 Å². The molecule has 0 amide bonds. The Morgan fingerprint density at radius 1 is 0.677 bits per heavy atom. The van der Waals surface area contributed by atoms with Crippen LogP contribution in [0.15, 0.2) is 59.1 Å². The summed E-state index contributed by atoms with van der Waals surface area (Å²) < 4.78 is 28.5. The third kappa shape index (κ3) is 5.44. The number of ether oxygens (including phenoxy) is 5. The summed E-state index contributed by atoms with van der Waals surface area (Å²) >= 11 is 3.49. The number of methoxy groups -OCH3 is 4. The topological polar surface area (TPSA) is 46.2 Å². The molecule has 0 N–H and O–H groups in total. The van der Waals surface area contributed by atoms with Gasteiger partial charge in [-0.3, -0.25) is 0 Å². The van der Waals surface area contributed by atoms with E-state index in [-0.39, 0.29) is 0 Å². The molecule has 0 unspecified atom stereocenters. The van der Waals surface area contributed by atoms with E-state index in [1.165, 1.54) is 0 Å². The first-order chi connectivity index (χ1) is 15.1. The zero-order valence-corrected chi connectivity index (χ0v) is 19.4. The van der Waals surface area contributed by atoms with Gasteiger partial charge in [0.2, 0.25) is 5.75 Å². The lowest BCUT2D eigenvalue weighted by molar-refractivity contribution is 0.275. The van der Waals surface area contributed by atoms with E-state index >= 15 is 0 Å². The molecule has 0 bridgehead atoms. The Balaban J connectivity index is 1.94. The molecule has 0 aromatic heterocycles. The van der Waals surface area contributed by atoms with Crippen LogP contribution in [0.4, 0.5) is 0 Å². The second-order valence-corrected chi connectivity index (χ2v) is 7.28. The number of benzene rings is 3. The monoisotopic (exact) mass is 482 g/mol. The van der Waals surface area contributed by atoms with Crippen LogP contribution in [0.2, 0.25) is 0 Å². The summed E-state index contributed by atoms with van der Waals surface area (Å²) in [6.07, 6.45) is 0. The van der Waals surface area contributed by atoms with E-state index in [0.29, 0.717) is 35.4 Å². The van der Waals surface area contributed by atoms with Gasteiger partial charge >= 0.3 is 0 Å². The zero-order chi connectivity index (χ0) is 22.2. The number of rotatable bonds is 7. The molecule has 0 atom stereocenters. The van der Waals surface area contributed by atoms with Crippen molar-refractivity contribution >= 4 is 15.9 Å². The van der Waals surface area contributed by atoms with Gasteiger partial charge in [0, 0.05) is 11.1 Å². The second kappa shape index (κ2) is 10.6. The minimum atomic E-state index is 0.403. The molecule has 0 radical (unpaired) electrons. The Kier molecular flexibility index (Phi) is 7.69. The maximum Gasteiger partial charge on any atom is 0.203 e. The van der Waals surface area contributed by atoms with Crippen molar-refractivity contribution in [2.45, 2.75) is 6.61 Å². The Bertz CT molecular complexity index is 1100. The van der Waals surface area contributed by atoms with Crippen LogP contribution in [0, 0.1) is 11.8 Å². The van der Waals surface area contributed by atoms with Gasteiger partial charge in [-0.25, -0.2) is 0 Å². The molecule has 0 spiro atoms. The third-order valence-electron chi connectivity index (χ3n) is 4.47. The Labute approximate surface area is 191 Å². The fourth-order valence-corrected chi connectivity index (χ4v) is 3.58. The molecular weight excluding hydrogens is 460 g/mol. The van der Waals surface area contributed by atoms with Crippen molar-refractivity contribution in [3.63, 3.8) is 0 Å². The van der Waals surface area contributed by atoms with Crippen LogP contribution in [-0.4, -0.2) is 28.4 Å². The van der Waals surface area contributed by atoms with Crippen LogP contribution in [0.25, 0.3) is 0 Å². The van der Waals surface area contributed by atoms with E-state index in [1.54, 1.807) is 28.4 Å². The molecule has 0 aliphatic carbocycles. The summed E-state index contributed by atoms with van der Waals surface area (Å²) in [5.41, 5.74) is 2.55. The van der Waals surface area contributed by atoms with E-state index in [9.17, 15) is 0 Å². The van der Waals surface area contributed by atoms with Gasteiger partial charge in [0.15, 0.2) is 23.0 Å². The summed E-state index contributed by atoms with van der Waals surface area (Å²) in [5.74, 6) is 9.16. The van der Waals surface area contributed by atoms with Gasteiger partial charge in [0.25, 0.3) is 0 Å². The lowest BCUT2D eigenvalue weighted by atomic mass is 10.1. The molecule has 5 nitrogen and oxygen atoms in total. The van der Waals surface area contributed by atoms with Gasteiger partial charge in [-0.15, -0.1) is 0 Å². The second-order valence-electron chi connectivity index (χ2n) is 6.43. The summed E-state index contributed by atoms with van der Waals surface area (Å²) in [6, 6.07) is 17.3. The Morgan fingerprint density at radius 2 is 1.23 bits per heavy atom. The summed E-state index contributed by atoms with van der Waals surface area (Å²) in [6.45, 7) is 0.403. The highest BCUT2D eigenvalue weighted by Crippen LogP contribution is 2.39. The number of halogens is 1. The molecule has 3 aromatic carbocycles. The van der Waals surface area contributed by atoms with Gasteiger partial charge in [-0.2, -0.15) is 0 Å². The maximum absolute atomic E-state index is 6.02. The average molecular weight is 483 g/mol. The molecule has 0 saturated carbocycles. The fourth-order valence-electron chi connectivity index (χ4n) is 2.98. The lowest BCUT2D eigenvalue weighted by Gasteiger charge is -2.14. The Morgan fingerprint density at radius 3 is 1.81 bits per heavy atom. The van der Waals surface area contributed by atoms with Gasteiger partial charge in [0.05, 0.1) is 32.9 Å². The highest BCUT2D eigenvalue weighted by molar-refractivity contribution is 9.10. The van der Waals surface area contributed by atoms with Crippen molar-refractivity contribution in [3.05, 3.63) is 75.8 Å². The smallest absolute Gasteiger partial charge is 0.203 e. The first-order valence-corrected chi connectivity index (χ1v) is 10.2. The first-order valence-electron chi connectivity index (χ1n) is 9.45. The van der Waals surface area contributed by atoms with Gasteiger partial charge < -0.3 is 23.7 Å². The molecule has 3 rings (SSSR count). The SMILES string of the molecule is COc1cc(C#Cc2cc(OC)c(OC)c(OCc3ccccc3)c2)cc(Br)c1OC. The summed E-state index contributed by atoms with van der Waals surface area (Å²) in [4.78, 5) is 0. The van der Waals surface area contributed by atoms with Crippen molar-refractivity contribution in [1.82, 2.24) is 0 Å². The van der Waals surface area contributed by atoms with Crippen molar-refractivity contribution in [2.24, 2.45) is 0 Å². The van der Waals surface area contributed by atoms with Crippen LogP contribution in [0.5, 0.6) is 28.7 Å². The third-order valence-corrected chi connectivity index (χ3v) is 5.06. The molecule has 0 aliphatic rings. The van der Waals surface area contributed by atoms with Gasteiger partial charge in [0.1, 0.15) is 6.61 Å². The predicted octanol–water partition coefficient (Wildman–Crippen LogP) is 5.46. The molecule has 6 heteroatoms. The van der Waals surface area contributed by atoms with Crippen molar-refractivity contribution in [3.8, 4) is 40.6 Å². The Hall–Kier alpha value is -3.30. The largest absolute Gasteiger partial charge is 0.493 e. The molecule has 0 saturated heterocycles. The zero-order valence-electron chi connectivity index (χ0n) is 17.8. The normalized spacial score (nSPS) is 9.97. The maximum atomic E-state index is 6.02. The number of hydrogen-bond acceptors (Lipinski definition) is 5. The molecule has 0 aliphatic heterocycles. The number of hydrogen-bond donors (Lipinski definition) is 0. The van der Waals surface area contributed by atoms with E-state index < -0.39 is 0 Å². The van der Waals surface area contributed by atoms with E-state index in [4.69, 9.17) is 23.7 Å². The minimum absolute atomic E-state index is 0.403. The molecule has 3 aromatic rings. The molecule has 0 fully saturated rings. The van der Waals surface area contributed by atoms with Crippen LogP contribution in [-0.2, 0) is 6.61 Å². The van der Waals surface area contributed by atoms with Crippen LogP contribution in [0.1, 0.15) is 16.7 Å². The van der Waals surface area contributed by atoms with Crippen molar-refractivity contribution < 1.29 is 23.7 Å². The van der Waals surface area contributed by atoms with Crippen LogP contribution < -0.4 is 23.7 Å². The van der Waals surface area contributed by atoms with E-state index in [1.807, 2.05) is 54.6 Å². The van der Waals surface area contributed by atoms with Crippen LogP contribution >= 0.6 is 15.9 Å². The fraction of sp³-hybridized carbons (Fsp3) is 0.200. The highest BCUT2D eigenvalue weighted by atomic mass is 79.9. The molecule has 160 valence electrons. The summed E-state index contributed by atoms with van der Waals surface area (Å²) in [5, 5.41) is 0. The molecule has 31 heavy (non-hydrogen) atoms. The lowest BCUT2D eigenvalue weighted by Crippen LogP contribution is -2.00. The summed E-state index contributed by atoms with van der Waals surface area (Å²) in [7, 11) is 6.35.